The molecule has 1 aliphatic rings. The van der Waals surface area contributed by atoms with Gasteiger partial charge in [0.25, 0.3) is 5.69 Å². The molecule has 0 bridgehead atoms. The fraction of sp³-hybridized carbons (Fsp3) is 0.353. The molecule has 23 heavy (non-hydrogen) atoms. The third kappa shape index (κ3) is 4.26. The van der Waals surface area contributed by atoms with Gasteiger partial charge in [0.2, 0.25) is 0 Å². The summed E-state index contributed by atoms with van der Waals surface area (Å²) in [7, 11) is 0. The molecule has 1 fully saturated rings. The molecule has 6 nitrogen and oxygen atoms in total. The smallest absolute Gasteiger partial charge is 0.287 e. The van der Waals surface area contributed by atoms with E-state index in [9.17, 15) is 10.1 Å². The molecule has 2 heterocycles. The highest BCUT2D eigenvalue weighted by Gasteiger charge is 2.20. The van der Waals surface area contributed by atoms with Gasteiger partial charge in [0.15, 0.2) is 0 Å². The second-order valence-electron chi connectivity index (χ2n) is 5.86. The molecule has 1 N–H and O–H groups in total. The van der Waals surface area contributed by atoms with Crippen LogP contribution in [-0.2, 0) is 6.54 Å². The van der Waals surface area contributed by atoms with Crippen molar-refractivity contribution < 1.29 is 4.92 Å². The summed E-state index contributed by atoms with van der Waals surface area (Å²) in [5, 5.41) is 14.0. The number of hydrogen-bond acceptors (Lipinski definition) is 5. The largest absolute Gasteiger partial charge is 0.366 e. The average Bonchev–Trinajstić information content (AvgIpc) is 2.57. The molecular formula is C17H20N4O2. The van der Waals surface area contributed by atoms with E-state index in [2.05, 4.69) is 39.5 Å². The van der Waals surface area contributed by atoms with Gasteiger partial charge in [0.1, 0.15) is 12.0 Å². The highest BCUT2D eigenvalue weighted by Crippen LogP contribution is 2.18. The lowest BCUT2D eigenvalue weighted by Crippen LogP contribution is -2.41. The Kier molecular flexibility index (Phi) is 4.83. The van der Waals surface area contributed by atoms with Gasteiger partial charge in [0, 0.05) is 25.2 Å². The van der Waals surface area contributed by atoms with Gasteiger partial charge >= 0.3 is 0 Å². The zero-order valence-corrected chi connectivity index (χ0v) is 12.9. The topological polar surface area (TPSA) is 71.3 Å². The maximum Gasteiger partial charge on any atom is 0.287 e. The first kappa shape index (κ1) is 15.4. The van der Waals surface area contributed by atoms with Crippen molar-refractivity contribution in [1.29, 1.82) is 0 Å². The first-order chi connectivity index (χ1) is 11.2. The van der Waals surface area contributed by atoms with Crippen molar-refractivity contribution in [3.8, 4) is 0 Å². The Morgan fingerprint density at radius 1 is 1.26 bits per heavy atom. The van der Waals surface area contributed by atoms with Crippen LogP contribution in [-0.4, -0.2) is 33.9 Å². The number of aromatic nitrogens is 1. The average molecular weight is 312 g/mol. The van der Waals surface area contributed by atoms with Crippen LogP contribution < -0.4 is 5.32 Å². The van der Waals surface area contributed by atoms with E-state index in [1.807, 2.05) is 6.07 Å². The third-order valence-electron chi connectivity index (χ3n) is 4.07. The molecule has 3 rings (SSSR count). The summed E-state index contributed by atoms with van der Waals surface area (Å²) in [6, 6.07) is 13.9. The molecule has 0 unspecified atom stereocenters. The zero-order chi connectivity index (χ0) is 16.1. The maximum absolute atomic E-state index is 10.7. The van der Waals surface area contributed by atoms with Crippen LogP contribution in [0.2, 0.25) is 0 Å². The first-order valence-electron chi connectivity index (χ1n) is 7.84. The molecular weight excluding hydrogens is 292 g/mol. The van der Waals surface area contributed by atoms with Gasteiger partial charge in [0.05, 0.1) is 4.92 Å². The van der Waals surface area contributed by atoms with Crippen LogP contribution in [0.3, 0.4) is 0 Å². The number of pyridine rings is 1. The standard InChI is InChI=1S/C17H20N4O2/c22-21(23)16-8-9-17(18-11-16)19-15-7-4-10-20(13-15)12-14-5-2-1-3-6-14/h1-3,5-6,8-9,11,15H,4,7,10,12-13H2,(H,18,19)/t15-/m0/s1. The number of nitro groups is 1. The van der Waals surface area contributed by atoms with Crippen molar-refractivity contribution in [2.24, 2.45) is 0 Å². The van der Waals surface area contributed by atoms with E-state index in [1.54, 1.807) is 6.07 Å². The molecule has 1 atom stereocenters. The molecule has 0 spiro atoms. The molecule has 1 aromatic carbocycles. The Morgan fingerprint density at radius 2 is 2.09 bits per heavy atom. The highest BCUT2D eigenvalue weighted by atomic mass is 16.6. The van der Waals surface area contributed by atoms with Crippen molar-refractivity contribution >= 4 is 11.5 Å². The van der Waals surface area contributed by atoms with Gasteiger partial charge < -0.3 is 5.32 Å². The monoisotopic (exact) mass is 312 g/mol. The second-order valence-corrected chi connectivity index (χ2v) is 5.86. The summed E-state index contributed by atoms with van der Waals surface area (Å²) < 4.78 is 0. The van der Waals surface area contributed by atoms with Crippen molar-refractivity contribution in [3.63, 3.8) is 0 Å². The number of anilines is 1. The highest BCUT2D eigenvalue weighted by molar-refractivity contribution is 5.41. The fourth-order valence-corrected chi connectivity index (χ4v) is 2.95. The molecule has 120 valence electrons. The van der Waals surface area contributed by atoms with E-state index in [4.69, 9.17) is 0 Å². The lowest BCUT2D eigenvalue weighted by molar-refractivity contribution is -0.385. The van der Waals surface area contributed by atoms with Crippen LogP contribution in [0.4, 0.5) is 11.5 Å². The van der Waals surface area contributed by atoms with E-state index in [0.29, 0.717) is 11.9 Å². The van der Waals surface area contributed by atoms with Gasteiger partial charge in [-0.3, -0.25) is 15.0 Å². The zero-order valence-electron chi connectivity index (χ0n) is 12.9. The van der Waals surface area contributed by atoms with Crippen molar-refractivity contribution in [3.05, 3.63) is 64.3 Å². The molecule has 6 heteroatoms. The van der Waals surface area contributed by atoms with E-state index >= 15 is 0 Å². The fourth-order valence-electron chi connectivity index (χ4n) is 2.95. The molecule has 1 aromatic heterocycles. The molecule has 0 aliphatic carbocycles. The summed E-state index contributed by atoms with van der Waals surface area (Å²) in [5.74, 6) is 0.696. The molecule has 1 saturated heterocycles. The van der Waals surface area contributed by atoms with Crippen LogP contribution in [0.15, 0.2) is 48.7 Å². The van der Waals surface area contributed by atoms with Crippen LogP contribution >= 0.6 is 0 Å². The van der Waals surface area contributed by atoms with Gasteiger partial charge in [-0.05, 0) is 31.0 Å². The summed E-state index contributed by atoms with van der Waals surface area (Å²) in [6.07, 6.45) is 3.52. The molecule has 0 radical (unpaired) electrons. The Labute approximate surface area is 135 Å². The van der Waals surface area contributed by atoms with Crippen molar-refractivity contribution in [1.82, 2.24) is 9.88 Å². The molecule has 2 aromatic rings. The minimum Gasteiger partial charge on any atom is -0.366 e. The van der Waals surface area contributed by atoms with Gasteiger partial charge in [-0.1, -0.05) is 30.3 Å². The Morgan fingerprint density at radius 3 is 2.78 bits per heavy atom. The number of likely N-dealkylation sites (tertiary alicyclic amines) is 1. The Bertz CT molecular complexity index is 645. The summed E-state index contributed by atoms with van der Waals surface area (Å²) in [6.45, 7) is 3.00. The predicted molar refractivity (Wildman–Crippen MR) is 89.3 cm³/mol. The Hall–Kier alpha value is -2.47. The predicted octanol–water partition coefficient (Wildman–Crippen LogP) is 3.07. The SMILES string of the molecule is O=[N+]([O-])c1ccc(N[C@H]2CCCN(Cc3ccccc3)C2)nc1. The molecule has 1 aliphatic heterocycles. The van der Waals surface area contributed by atoms with Gasteiger partial charge in [-0.2, -0.15) is 0 Å². The third-order valence-corrected chi connectivity index (χ3v) is 4.07. The number of nitrogens with one attached hydrogen (secondary N) is 1. The normalized spacial score (nSPS) is 18.5. The summed E-state index contributed by atoms with van der Waals surface area (Å²) in [5.41, 5.74) is 1.34. The van der Waals surface area contributed by atoms with Gasteiger partial charge in [-0.15, -0.1) is 0 Å². The first-order valence-corrected chi connectivity index (χ1v) is 7.84. The molecule has 0 amide bonds. The minimum absolute atomic E-state index is 0.0184. The maximum atomic E-state index is 10.7. The van der Waals surface area contributed by atoms with Crippen molar-refractivity contribution in [2.45, 2.75) is 25.4 Å². The second kappa shape index (κ2) is 7.19. The number of nitrogens with zero attached hydrogens (tertiary/aromatic N) is 3. The van der Waals surface area contributed by atoms with E-state index in [0.717, 1.165) is 32.5 Å². The number of piperidine rings is 1. The molecule has 0 saturated carbocycles. The van der Waals surface area contributed by atoms with E-state index < -0.39 is 4.92 Å². The van der Waals surface area contributed by atoms with Gasteiger partial charge in [-0.25, -0.2) is 4.98 Å². The number of rotatable bonds is 5. The van der Waals surface area contributed by atoms with Crippen LogP contribution in [0.1, 0.15) is 18.4 Å². The van der Waals surface area contributed by atoms with Crippen molar-refractivity contribution in [2.75, 3.05) is 18.4 Å². The summed E-state index contributed by atoms with van der Waals surface area (Å²) >= 11 is 0. The van der Waals surface area contributed by atoms with Crippen LogP contribution in [0.5, 0.6) is 0 Å². The quantitative estimate of drug-likeness (QED) is 0.678. The van der Waals surface area contributed by atoms with E-state index in [-0.39, 0.29) is 5.69 Å². The van der Waals surface area contributed by atoms with Crippen LogP contribution in [0, 0.1) is 10.1 Å². The lowest BCUT2D eigenvalue weighted by Gasteiger charge is -2.33. The van der Waals surface area contributed by atoms with E-state index in [1.165, 1.54) is 17.8 Å². The summed E-state index contributed by atoms with van der Waals surface area (Å²) in [4.78, 5) is 16.8. The lowest BCUT2D eigenvalue weighted by atomic mass is 10.0. The van der Waals surface area contributed by atoms with Crippen LogP contribution in [0.25, 0.3) is 0 Å². The number of hydrogen-bond donors (Lipinski definition) is 1. The number of benzene rings is 1. The minimum atomic E-state index is -0.432. The Balaban J connectivity index is 1.57.